The van der Waals surface area contributed by atoms with E-state index in [2.05, 4.69) is 30.5 Å². The normalized spacial score (nSPS) is 20.7. The van der Waals surface area contributed by atoms with Gasteiger partial charge in [-0.3, -0.25) is 10.1 Å². The molecule has 2 aromatic rings. The minimum Gasteiger partial charge on any atom is -0.468 e. The highest BCUT2D eigenvalue weighted by Crippen LogP contribution is 2.31. The van der Waals surface area contributed by atoms with Crippen LogP contribution in [-0.4, -0.2) is 63.2 Å². The van der Waals surface area contributed by atoms with E-state index < -0.39 is 17.7 Å². The van der Waals surface area contributed by atoms with Crippen molar-refractivity contribution in [3.63, 3.8) is 0 Å². The zero-order chi connectivity index (χ0) is 24.8. The number of nitrogens with zero attached hydrogens (tertiary/aromatic N) is 5. The van der Waals surface area contributed by atoms with E-state index in [0.717, 1.165) is 31.9 Å². The van der Waals surface area contributed by atoms with Crippen LogP contribution in [0, 0.1) is 16.0 Å². The molecule has 1 aliphatic carbocycles. The fourth-order valence-corrected chi connectivity index (χ4v) is 4.40. The molecule has 2 N–H and O–H groups in total. The molecule has 2 fully saturated rings. The lowest BCUT2D eigenvalue weighted by molar-refractivity contribution is -0.384. The summed E-state index contributed by atoms with van der Waals surface area (Å²) in [7, 11) is 0. The average molecular weight is 496 g/mol. The summed E-state index contributed by atoms with van der Waals surface area (Å²) in [5.41, 5.74) is 0.132. The van der Waals surface area contributed by atoms with Crippen LogP contribution in [0.25, 0.3) is 0 Å². The van der Waals surface area contributed by atoms with Gasteiger partial charge in [0.1, 0.15) is 6.20 Å². The summed E-state index contributed by atoms with van der Waals surface area (Å²) >= 11 is 0. The van der Waals surface area contributed by atoms with Gasteiger partial charge in [-0.05, 0) is 57.2 Å². The van der Waals surface area contributed by atoms with Gasteiger partial charge in [0.15, 0.2) is 6.61 Å². The van der Waals surface area contributed by atoms with E-state index in [9.17, 15) is 23.3 Å². The van der Waals surface area contributed by atoms with Gasteiger partial charge >= 0.3 is 11.9 Å². The number of nitrogens with one attached hydrogen (secondary N) is 2. The lowest BCUT2D eigenvalue weighted by Gasteiger charge is -2.42. The summed E-state index contributed by atoms with van der Waals surface area (Å²) in [4.78, 5) is 25.5. The van der Waals surface area contributed by atoms with E-state index in [1.54, 1.807) is 12.1 Å². The van der Waals surface area contributed by atoms with Crippen molar-refractivity contribution in [2.45, 2.75) is 50.9 Å². The zero-order valence-electron chi connectivity index (χ0n) is 19.1. The SMILES string of the molecule is O=[N+]([O-])c1cnc(NCc2cccnc2OCC(F)(F)F)nc1NC[C@H]1CC[C@H](N2CCC2)CC1. The van der Waals surface area contributed by atoms with Crippen molar-refractivity contribution in [2.24, 2.45) is 5.92 Å². The number of nitro groups is 1. The molecule has 190 valence electrons. The molecule has 2 aliphatic rings. The third-order valence-electron chi connectivity index (χ3n) is 6.41. The molecular formula is C22H28F3N7O3. The Hall–Kier alpha value is -3.22. The molecular weight excluding hydrogens is 467 g/mol. The lowest BCUT2D eigenvalue weighted by Crippen LogP contribution is -2.46. The van der Waals surface area contributed by atoms with E-state index >= 15 is 0 Å². The van der Waals surface area contributed by atoms with Gasteiger partial charge < -0.3 is 20.3 Å². The molecule has 1 saturated heterocycles. The highest BCUT2D eigenvalue weighted by molar-refractivity contribution is 5.57. The van der Waals surface area contributed by atoms with Crippen molar-refractivity contribution >= 4 is 17.5 Å². The average Bonchev–Trinajstić information content (AvgIpc) is 2.80. The standard InChI is InChI=1S/C22H28F3N7O3/c23-22(24,25)14-35-20-16(3-1-8-26-20)12-28-21-29-13-18(32(33)34)19(30-21)27-11-15-4-6-17(7-5-15)31-9-2-10-31/h1,3,8,13,15,17H,2,4-7,9-12,14H2,(H2,27,28,29,30)/t15-,17-. The highest BCUT2D eigenvalue weighted by Gasteiger charge is 2.30. The van der Waals surface area contributed by atoms with Crippen LogP contribution in [0.4, 0.5) is 30.6 Å². The van der Waals surface area contributed by atoms with Crippen LogP contribution in [0.1, 0.15) is 37.7 Å². The predicted molar refractivity (Wildman–Crippen MR) is 122 cm³/mol. The van der Waals surface area contributed by atoms with E-state index in [-0.39, 0.29) is 29.9 Å². The number of likely N-dealkylation sites (tertiary alicyclic amines) is 1. The molecule has 13 heteroatoms. The Morgan fingerprint density at radius 2 is 1.94 bits per heavy atom. The first-order chi connectivity index (χ1) is 16.8. The molecule has 0 atom stereocenters. The maximum Gasteiger partial charge on any atom is 0.422 e. The van der Waals surface area contributed by atoms with Crippen LogP contribution in [0.3, 0.4) is 0 Å². The Morgan fingerprint density at radius 3 is 2.60 bits per heavy atom. The van der Waals surface area contributed by atoms with Crippen molar-refractivity contribution in [3.05, 3.63) is 40.2 Å². The van der Waals surface area contributed by atoms with Crippen molar-refractivity contribution in [3.8, 4) is 5.88 Å². The van der Waals surface area contributed by atoms with Crippen molar-refractivity contribution in [1.29, 1.82) is 0 Å². The van der Waals surface area contributed by atoms with E-state index in [1.807, 2.05) is 0 Å². The molecule has 4 rings (SSSR count). The first-order valence-corrected chi connectivity index (χ1v) is 11.6. The summed E-state index contributed by atoms with van der Waals surface area (Å²) in [6, 6.07) is 3.78. The van der Waals surface area contributed by atoms with E-state index in [4.69, 9.17) is 4.74 Å². The topological polar surface area (TPSA) is 118 Å². The Morgan fingerprint density at radius 1 is 1.17 bits per heavy atom. The van der Waals surface area contributed by atoms with Crippen molar-refractivity contribution < 1.29 is 22.8 Å². The molecule has 0 radical (unpaired) electrons. The molecule has 0 aromatic carbocycles. The Bertz CT molecular complexity index is 1010. The van der Waals surface area contributed by atoms with E-state index in [0.29, 0.717) is 24.1 Å². The maximum atomic E-state index is 12.5. The quantitative estimate of drug-likeness (QED) is 0.372. The Kier molecular flexibility index (Phi) is 7.83. The Balaban J connectivity index is 1.35. The molecule has 0 amide bonds. The van der Waals surface area contributed by atoms with Crippen LogP contribution in [0.15, 0.2) is 24.5 Å². The zero-order valence-corrected chi connectivity index (χ0v) is 19.1. The van der Waals surface area contributed by atoms with E-state index in [1.165, 1.54) is 25.7 Å². The molecule has 0 spiro atoms. The van der Waals surface area contributed by atoms with Crippen LogP contribution in [0.5, 0.6) is 5.88 Å². The third-order valence-corrected chi connectivity index (χ3v) is 6.41. The largest absolute Gasteiger partial charge is 0.468 e. The van der Waals surface area contributed by atoms with Crippen LogP contribution >= 0.6 is 0 Å². The molecule has 1 aliphatic heterocycles. The molecule has 1 saturated carbocycles. The molecule has 10 nitrogen and oxygen atoms in total. The summed E-state index contributed by atoms with van der Waals surface area (Å²) in [5.74, 6) is 0.455. The molecule has 35 heavy (non-hydrogen) atoms. The number of ether oxygens (including phenoxy) is 1. The minimum atomic E-state index is -4.49. The maximum absolute atomic E-state index is 12.5. The smallest absolute Gasteiger partial charge is 0.422 e. The van der Waals surface area contributed by atoms with Gasteiger partial charge in [-0.25, -0.2) is 9.97 Å². The van der Waals surface area contributed by atoms with Gasteiger partial charge in [0.05, 0.1) is 4.92 Å². The monoisotopic (exact) mass is 495 g/mol. The fourth-order valence-electron chi connectivity index (χ4n) is 4.40. The third kappa shape index (κ3) is 6.90. The number of rotatable bonds is 10. The van der Waals surface area contributed by atoms with Crippen LogP contribution in [0.2, 0.25) is 0 Å². The first-order valence-electron chi connectivity index (χ1n) is 11.6. The van der Waals surface area contributed by atoms with Gasteiger partial charge in [-0.2, -0.15) is 18.2 Å². The minimum absolute atomic E-state index is 0.0266. The fraction of sp³-hybridized carbons (Fsp3) is 0.591. The van der Waals surface area contributed by atoms with Gasteiger partial charge in [0.2, 0.25) is 17.6 Å². The number of aromatic nitrogens is 3. The number of hydrogen-bond acceptors (Lipinski definition) is 9. The molecule has 3 heterocycles. The summed E-state index contributed by atoms with van der Waals surface area (Å²) < 4.78 is 42.3. The number of alkyl halides is 3. The summed E-state index contributed by atoms with van der Waals surface area (Å²) in [5, 5.41) is 17.5. The van der Waals surface area contributed by atoms with Gasteiger partial charge in [0.25, 0.3) is 0 Å². The van der Waals surface area contributed by atoms with Gasteiger partial charge in [0, 0.05) is 30.9 Å². The first kappa shape index (κ1) is 24.9. The number of halogens is 3. The second-order valence-corrected chi connectivity index (χ2v) is 8.85. The number of anilines is 2. The van der Waals surface area contributed by atoms with Crippen LogP contribution in [-0.2, 0) is 6.54 Å². The Labute approximate surface area is 200 Å². The molecule has 2 aromatic heterocycles. The van der Waals surface area contributed by atoms with Crippen molar-refractivity contribution in [2.75, 3.05) is 36.9 Å². The predicted octanol–water partition coefficient (Wildman–Crippen LogP) is 4.01. The highest BCUT2D eigenvalue weighted by atomic mass is 19.4. The molecule has 0 unspecified atom stereocenters. The van der Waals surface area contributed by atoms with Crippen LogP contribution < -0.4 is 15.4 Å². The molecule has 0 bridgehead atoms. The second kappa shape index (κ2) is 11.0. The lowest BCUT2D eigenvalue weighted by atomic mass is 9.84. The van der Waals surface area contributed by atoms with Crippen molar-refractivity contribution in [1.82, 2.24) is 19.9 Å². The van der Waals surface area contributed by atoms with Gasteiger partial charge in [-0.15, -0.1) is 0 Å². The second-order valence-electron chi connectivity index (χ2n) is 8.85. The summed E-state index contributed by atoms with van der Waals surface area (Å²) in [6.07, 6.45) is 3.61. The summed E-state index contributed by atoms with van der Waals surface area (Å²) in [6.45, 7) is 1.51. The van der Waals surface area contributed by atoms with Gasteiger partial charge in [-0.1, -0.05) is 6.07 Å². The number of pyridine rings is 1. The number of hydrogen-bond donors (Lipinski definition) is 2.